The van der Waals surface area contributed by atoms with Crippen molar-refractivity contribution in [3.8, 4) is 0 Å². The van der Waals surface area contributed by atoms with Gasteiger partial charge in [-0.1, -0.05) is 37.2 Å². The first-order valence-corrected chi connectivity index (χ1v) is 6.91. The molecule has 20 heavy (non-hydrogen) atoms. The van der Waals surface area contributed by atoms with Crippen molar-refractivity contribution in [3.63, 3.8) is 0 Å². The summed E-state index contributed by atoms with van der Waals surface area (Å²) in [6.07, 6.45) is 2.06. The Morgan fingerprint density at radius 2 is 2.15 bits per heavy atom. The fourth-order valence-electron chi connectivity index (χ4n) is 2.93. The van der Waals surface area contributed by atoms with Crippen molar-refractivity contribution in [1.82, 2.24) is 0 Å². The van der Waals surface area contributed by atoms with Gasteiger partial charge in [-0.05, 0) is 36.8 Å². The number of benzene rings is 1. The number of anilines is 1. The van der Waals surface area contributed by atoms with Gasteiger partial charge in [0.1, 0.15) is 5.41 Å². The number of oxime groups is 1. The number of aryl methyl sites for hydroxylation is 1. The van der Waals surface area contributed by atoms with Crippen molar-refractivity contribution in [2.45, 2.75) is 33.1 Å². The average molecular weight is 275 g/mol. The van der Waals surface area contributed by atoms with Gasteiger partial charge in [-0.3, -0.25) is 4.79 Å². The highest BCUT2D eigenvalue weighted by Gasteiger charge is 2.52. The van der Waals surface area contributed by atoms with Crippen LogP contribution in [0.15, 0.2) is 29.4 Å². The molecule has 0 aromatic heterocycles. The molecule has 1 aromatic rings. The predicted molar refractivity (Wildman–Crippen MR) is 78.7 cm³/mol. The van der Waals surface area contributed by atoms with Crippen molar-refractivity contribution in [1.29, 1.82) is 0 Å². The number of amides is 1. The quantitative estimate of drug-likeness (QED) is 0.341. The summed E-state index contributed by atoms with van der Waals surface area (Å²) >= 11 is 0. The van der Waals surface area contributed by atoms with Crippen LogP contribution < -0.4 is 11.1 Å². The number of rotatable bonds is 4. The molecular weight excluding hydrogens is 254 g/mol. The van der Waals surface area contributed by atoms with E-state index in [0.29, 0.717) is 18.8 Å². The van der Waals surface area contributed by atoms with Gasteiger partial charge in [-0.25, -0.2) is 0 Å². The molecule has 5 heteroatoms. The molecule has 0 aliphatic heterocycles. The average Bonchev–Trinajstić information content (AvgIpc) is 2.43. The van der Waals surface area contributed by atoms with Gasteiger partial charge >= 0.3 is 0 Å². The number of amidine groups is 1. The Morgan fingerprint density at radius 3 is 2.70 bits per heavy atom. The summed E-state index contributed by atoms with van der Waals surface area (Å²) in [5, 5.41) is 14.9. The van der Waals surface area contributed by atoms with E-state index < -0.39 is 5.41 Å². The van der Waals surface area contributed by atoms with E-state index in [-0.39, 0.29) is 11.7 Å². The van der Waals surface area contributed by atoms with Crippen LogP contribution >= 0.6 is 0 Å². The maximum Gasteiger partial charge on any atom is 0.238 e. The van der Waals surface area contributed by atoms with Gasteiger partial charge in [0.15, 0.2) is 5.84 Å². The molecule has 1 saturated carbocycles. The first-order chi connectivity index (χ1) is 9.53. The van der Waals surface area contributed by atoms with Crippen molar-refractivity contribution in [2.24, 2.45) is 22.2 Å². The van der Waals surface area contributed by atoms with Gasteiger partial charge in [0.25, 0.3) is 0 Å². The number of nitrogens with zero attached hydrogens (tertiary/aromatic N) is 1. The molecule has 1 aromatic carbocycles. The minimum atomic E-state index is -0.866. The van der Waals surface area contributed by atoms with Gasteiger partial charge in [0.2, 0.25) is 5.91 Å². The zero-order valence-corrected chi connectivity index (χ0v) is 11.9. The number of carbonyl (C=O) groups is 1. The highest BCUT2D eigenvalue weighted by molar-refractivity contribution is 6.12. The van der Waals surface area contributed by atoms with Crippen molar-refractivity contribution < 1.29 is 10.0 Å². The molecule has 108 valence electrons. The maximum absolute atomic E-state index is 12.5. The van der Waals surface area contributed by atoms with Crippen LogP contribution in [0.3, 0.4) is 0 Å². The molecule has 5 nitrogen and oxygen atoms in total. The second kappa shape index (κ2) is 5.53. The molecule has 0 bridgehead atoms. The lowest BCUT2D eigenvalue weighted by Gasteiger charge is -2.43. The van der Waals surface area contributed by atoms with Crippen LogP contribution in [0.25, 0.3) is 0 Å². The van der Waals surface area contributed by atoms with Crippen molar-refractivity contribution >= 4 is 17.4 Å². The summed E-state index contributed by atoms with van der Waals surface area (Å²) in [6, 6.07) is 7.68. The number of hydrogen-bond donors (Lipinski definition) is 3. The molecule has 1 amide bonds. The number of carbonyl (C=O) groups excluding carboxylic acids is 1. The Hall–Kier alpha value is -2.04. The lowest BCUT2D eigenvalue weighted by molar-refractivity contribution is -0.127. The molecule has 4 N–H and O–H groups in total. The van der Waals surface area contributed by atoms with Gasteiger partial charge in [0.05, 0.1) is 0 Å². The third kappa shape index (κ3) is 2.35. The molecule has 0 radical (unpaired) electrons. The van der Waals surface area contributed by atoms with E-state index in [2.05, 4.69) is 17.4 Å². The summed E-state index contributed by atoms with van der Waals surface area (Å²) in [6.45, 7) is 4.09. The monoisotopic (exact) mass is 275 g/mol. The fourth-order valence-corrected chi connectivity index (χ4v) is 2.93. The molecule has 1 aliphatic rings. The van der Waals surface area contributed by atoms with Crippen LogP contribution in [0.2, 0.25) is 0 Å². The van der Waals surface area contributed by atoms with Crippen LogP contribution in [0.1, 0.15) is 32.3 Å². The molecule has 0 saturated heterocycles. The predicted octanol–water partition coefficient (Wildman–Crippen LogP) is 2.35. The number of nitrogens with two attached hydrogens (primary N) is 1. The van der Waals surface area contributed by atoms with Gasteiger partial charge < -0.3 is 16.3 Å². The van der Waals surface area contributed by atoms with Gasteiger partial charge in [-0.2, -0.15) is 0 Å². The second-order valence-corrected chi connectivity index (χ2v) is 5.55. The molecular formula is C15H21N3O2. The van der Waals surface area contributed by atoms with Crippen LogP contribution in [-0.4, -0.2) is 17.0 Å². The highest BCUT2D eigenvalue weighted by Crippen LogP contribution is 2.46. The van der Waals surface area contributed by atoms with Crippen molar-refractivity contribution in [2.75, 3.05) is 5.32 Å². The Labute approximate surface area is 118 Å². The molecule has 1 fully saturated rings. The Morgan fingerprint density at radius 1 is 1.50 bits per heavy atom. The van der Waals surface area contributed by atoms with E-state index in [1.165, 1.54) is 0 Å². The lowest BCUT2D eigenvalue weighted by Crippen LogP contribution is -2.54. The molecule has 0 heterocycles. The van der Waals surface area contributed by atoms with Crippen LogP contribution in [0.5, 0.6) is 0 Å². The Bertz CT molecular complexity index is 534. The highest BCUT2D eigenvalue weighted by atomic mass is 16.4. The van der Waals surface area contributed by atoms with E-state index in [9.17, 15) is 4.79 Å². The molecule has 0 spiro atoms. The maximum atomic E-state index is 12.5. The molecule has 0 atom stereocenters. The summed E-state index contributed by atoms with van der Waals surface area (Å²) < 4.78 is 0. The Balaban J connectivity index is 2.22. The SMILES string of the molecule is CCc1ccccc1NC(=O)C1(/C(N)=N/O)CC(C)C1. The van der Waals surface area contributed by atoms with Crippen LogP contribution in [0.4, 0.5) is 5.69 Å². The minimum Gasteiger partial charge on any atom is -0.409 e. The smallest absolute Gasteiger partial charge is 0.238 e. The third-order valence-corrected chi connectivity index (χ3v) is 4.07. The van der Waals surface area contributed by atoms with Crippen LogP contribution in [0, 0.1) is 11.3 Å². The summed E-state index contributed by atoms with van der Waals surface area (Å²) in [5.74, 6) is 0.219. The zero-order chi connectivity index (χ0) is 14.8. The van der Waals surface area contributed by atoms with E-state index in [0.717, 1.165) is 17.7 Å². The lowest BCUT2D eigenvalue weighted by atomic mass is 9.61. The van der Waals surface area contributed by atoms with E-state index in [1.54, 1.807) is 0 Å². The van der Waals surface area contributed by atoms with Gasteiger partial charge in [0, 0.05) is 5.69 Å². The summed E-state index contributed by atoms with van der Waals surface area (Å²) in [5.41, 5.74) is 6.74. The molecule has 1 aliphatic carbocycles. The topological polar surface area (TPSA) is 87.7 Å². The second-order valence-electron chi connectivity index (χ2n) is 5.55. The summed E-state index contributed by atoms with van der Waals surface area (Å²) in [4.78, 5) is 12.5. The first-order valence-electron chi connectivity index (χ1n) is 6.91. The normalized spacial score (nSPS) is 25.9. The number of nitrogens with one attached hydrogen (secondary N) is 1. The fraction of sp³-hybridized carbons (Fsp3) is 0.467. The molecule has 0 unspecified atom stereocenters. The summed E-state index contributed by atoms with van der Waals surface area (Å²) in [7, 11) is 0. The van der Waals surface area contributed by atoms with E-state index in [4.69, 9.17) is 10.9 Å². The Kier molecular flexibility index (Phi) is 3.97. The van der Waals surface area contributed by atoms with Crippen molar-refractivity contribution in [3.05, 3.63) is 29.8 Å². The number of para-hydroxylation sites is 1. The van der Waals surface area contributed by atoms with E-state index in [1.807, 2.05) is 31.2 Å². The molecule has 2 rings (SSSR count). The number of hydrogen-bond acceptors (Lipinski definition) is 3. The van der Waals surface area contributed by atoms with Gasteiger partial charge in [-0.15, -0.1) is 0 Å². The minimum absolute atomic E-state index is 0.00193. The standard InChI is InChI=1S/C15H21N3O2/c1-3-11-6-4-5-7-12(11)17-14(19)15(13(16)18-20)8-10(2)9-15/h4-7,10,20H,3,8-9H2,1-2H3,(H2,16,18)(H,17,19). The largest absolute Gasteiger partial charge is 0.409 e. The van der Waals surface area contributed by atoms with E-state index >= 15 is 0 Å². The first kappa shape index (κ1) is 14.4. The third-order valence-electron chi connectivity index (χ3n) is 4.07. The zero-order valence-electron chi connectivity index (χ0n) is 11.9. The van der Waals surface area contributed by atoms with Crippen LogP contribution in [-0.2, 0) is 11.2 Å².